The first-order valence-electron chi connectivity index (χ1n) is 0.683. The molecule has 0 saturated carbocycles. The van der Waals surface area contributed by atoms with Gasteiger partial charge in [0.2, 0.25) is 0 Å². The van der Waals surface area contributed by atoms with Gasteiger partial charge in [-0.05, 0) is 0 Å². The molecule has 0 aromatic heterocycles. The van der Waals surface area contributed by atoms with Crippen LogP contribution in [0.15, 0.2) is 0 Å². The van der Waals surface area contributed by atoms with Crippen LogP contribution in [-0.4, -0.2) is 9.47 Å². The highest BCUT2D eigenvalue weighted by Crippen LogP contribution is 1.58. The van der Waals surface area contributed by atoms with Crippen LogP contribution >= 0.6 is 0 Å². The first-order chi connectivity index (χ1) is 2.41. The van der Waals surface area contributed by atoms with Gasteiger partial charge >= 0.3 is 0 Å². The molecule has 0 fully saturated rings. The molecule has 0 aromatic rings. The maximum Gasteiger partial charge on any atom is 0.260 e. The Hall–Kier alpha value is -0.100. The SMILES string of the molecule is O=[S]OOO. The molecule has 0 aliphatic carbocycles. The molecule has 0 aromatic carbocycles. The van der Waals surface area contributed by atoms with Crippen LogP contribution in [0.2, 0.25) is 0 Å². The molecule has 0 aliphatic rings. The monoisotopic (exact) mass is 97.0 g/mol. The van der Waals surface area contributed by atoms with Crippen molar-refractivity contribution in [3.8, 4) is 0 Å². The van der Waals surface area contributed by atoms with Crippen molar-refractivity contribution >= 4 is 11.9 Å². The summed E-state index contributed by atoms with van der Waals surface area (Å²) in [7, 11) is 0. The lowest BCUT2D eigenvalue weighted by Crippen LogP contribution is -1.76. The van der Waals surface area contributed by atoms with Crippen molar-refractivity contribution in [3.05, 3.63) is 0 Å². The van der Waals surface area contributed by atoms with Crippen LogP contribution in [0.25, 0.3) is 0 Å². The van der Waals surface area contributed by atoms with E-state index in [-0.39, 0.29) is 11.9 Å². The van der Waals surface area contributed by atoms with Gasteiger partial charge < -0.3 is 0 Å². The maximum absolute atomic E-state index is 8.94. The van der Waals surface area contributed by atoms with E-state index in [1.807, 2.05) is 0 Å². The average molecular weight is 97.1 g/mol. The van der Waals surface area contributed by atoms with E-state index in [2.05, 4.69) is 9.37 Å². The lowest BCUT2D eigenvalue weighted by molar-refractivity contribution is -0.433. The largest absolute Gasteiger partial charge is 0.260 e. The fraction of sp³-hybridized carbons (Fsp3) is 0. The van der Waals surface area contributed by atoms with Crippen LogP contribution in [0.3, 0.4) is 0 Å². The lowest BCUT2D eigenvalue weighted by Gasteiger charge is -1.70. The van der Waals surface area contributed by atoms with Crippen LogP contribution in [0.4, 0.5) is 0 Å². The first-order valence-corrected chi connectivity index (χ1v) is 1.35. The van der Waals surface area contributed by atoms with Crippen LogP contribution in [-0.2, 0) is 21.3 Å². The third kappa shape index (κ3) is 3.90. The Bertz CT molecular complexity index is 24.8. The standard InChI is InChI=1S/HO4S/c1-3-4-5-2/h1H. The second kappa shape index (κ2) is 3.90. The molecule has 0 heterocycles. The van der Waals surface area contributed by atoms with Crippen molar-refractivity contribution in [2.75, 3.05) is 0 Å². The van der Waals surface area contributed by atoms with E-state index in [1.54, 1.807) is 0 Å². The van der Waals surface area contributed by atoms with Crippen molar-refractivity contribution in [2.24, 2.45) is 0 Å². The third-order valence-corrected chi connectivity index (χ3v) is 0.175. The van der Waals surface area contributed by atoms with Crippen molar-refractivity contribution in [1.82, 2.24) is 0 Å². The van der Waals surface area contributed by atoms with Gasteiger partial charge in [-0.3, -0.25) is 0 Å². The van der Waals surface area contributed by atoms with Crippen LogP contribution in [0.1, 0.15) is 0 Å². The van der Waals surface area contributed by atoms with Gasteiger partial charge in [-0.15, -0.1) is 0 Å². The zero-order valence-corrected chi connectivity index (χ0v) is 2.90. The average Bonchev–Trinajstić information content (AvgIpc) is 1.41. The van der Waals surface area contributed by atoms with Gasteiger partial charge in [0.25, 0.3) is 11.9 Å². The highest BCUT2D eigenvalue weighted by atomic mass is 32.2. The Morgan fingerprint density at radius 1 is 1.80 bits per heavy atom. The molecule has 0 aliphatic heterocycles. The zero-order chi connectivity index (χ0) is 4.12. The molecular weight excluding hydrogens is 96.1 g/mol. The normalized spacial score (nSPS) is 7.40. The Labute approximate surface area is 31.9 Å². The van der Waals surface area contributed by atoms with E-state index in [9.17, 15) is 0 Å². The topological polar surface area (TPSA) is 55.8 Å². The van der Waals surface area contributed by atoms with E-state index >= 15 is 0 Å². The van der Waals surface area contributed by atoms with Crippen LogP contribution in [0, 0.1) is 0 Å². The predicted molar refractivity (Wildman–Crippen MR) is 12.9 cm³/mol. The molecule has 1 radical (unpaired) electrons. The highest BCUT2D eigenvalue weighted by Gasteiger charge is 1.66. The van der Waals surface area contributed by atoms with Gasteiger partial charge in [-0.2, -0.15) is 4.21 Å². The molecule has 0 rings (SSSR count). The molecule has 5 heavy (non-hydrogen) atoms. The molecule has 4 nitrogen and oxygen atoms in total. The summed E-state index contributed by atoms with van der Waals surface area (Å²) >= 11 is -0.321. The van der Waals surface area contributed by atoms with Gasteiger partial charge in [-0.25, -0.2) is 5.26 Å². The molecule has 0 atom stereocenters. The molecule has 0 bridgehead atoms. The van der Waals surface area contributed by atoms with Crippen LogP contribution < -0.4 is 0 Å². The highest BCUT2D eigenvalue weighted by molar-refractivity contribution is 7.60. The van der Waals surface area contributed by atoms with Crippen molar-refractivity contribution in [2.45, 2.75) is 0 Å². The van der Waals surface area contributed by atoms with E-state index in [0.29, 0.717) is 0 Å². The molecule has 0 unspecified atom stereocenters. The molecule has 31 valence electrons. The van der Waals surface area contributed by atoms with E-state index in [1.165, 1.54) is 0 Å². The van der Waals surface area contributed by atoms with E-state index < -0.39 is 0 Å². The Morgan fingerprint density at radius 3 is 2.40 bits per heavy atom. The van der Waals surface area contributed by atoms with Gasteiger partial charge in [0.1, 0.15) is 0 Å². The summed E-state index contributed by atoms with van der Waals surface area (Å²) in [6.45, 7) is 0. The summed E-state index contributed by atoms with van der Waals surface area (Å²) in [6, 6.07) is 0. The third-order valence-electron chi connectivity index (χ3n) is 0.0582. The molecule has 0 saturated heterocycles. The molecular formula is HO4S. The molecule has 0 spiro atoms. The Kier molecular flexibility index (Phi) is 3.82. The fourth-order valence-corrected chi connectivity index (χ4v) is 0.0373. The Balaban J connectivity index is 2.40. The number of rotatable bonds is 2. The van der Waals surface area contributed by atoms with E-state index in [0.717, 1.165) is 0 Å². The van der Waals surface area contributed by atoms with Crippen molar-refractivity contribution < 1.29 is 18.8 Å². The minimum atomic E-state index is -0.321. The van der Waals surface area contributed by atoms with Gasteiger partial charge in [0.15, 0.2) is 0 Å². The summed E-state index contributed by atoms with van der Waals surface area (Å²) in [6.07, 6.45) is 0. The Morgan fingerprint density at radius 2 is 2.40 bits per heavy atom. The van der Waals surface area contributed by atoms with Crippen molar-refractivity contribution in [3.63, 3.8) is 0 Å². The number of hydrogen-bond acceptors (Lipinski definition) is 4. The van der Waals surface area contributed by atoms with Gasteiger partial charge in [0.05, 0.1) is 0 Å². The summed E-state index contributed by atoms with van der Waals surface area (Å²) in [5.74, 6) is 0. The predicted octanol–water partition coefficient (Wildman–Crippen LogP) is -0.464. The summed E-state index contributed by atoms with van der Waals surface area (Å²) in [5, 5.41) is 9.96. The lowest BCUT2D eigenvalue weighted by atomic mass is 14.6. The molecule has 0 amide bonds. The minimum Gasteiger partial charge on any atom is -0.220 e. The van der Waals surface area contributed by atoms with E-state index in [4.69, 9.17) is 9.47 Å². The van der Waals surface area contributed by atoms with Gasteiger partial charge in [-0.1, -0.05) is 9.37 Å². The second-order valence-electron chi connectivity index (χ2n) is 0.211. The maximum atomic E-state index is 8.94. The smallest absolute Gasteiger partial charge is 0.220 e. The molecule has 5 heteroatoms. The summed E-state index contributed by atoms with van der Waals surface area (Å²) in [5.41, 5.74) is 0. The quantitative estimate of drug-likeness (QED) is 0.287. The van der Waals surface area contributed by atoms with Gasteiger partial charge in [0, 0.05) is 0 Å². The summed E-state index contributed by atoms with van der Waals surface area (Å²) < 4.78 is 12.2. The van der Waals surface area contributed by atoms with Crippen molar-refractivity contribution in [1.29, 1.82) is 0 Å². The zero-order valence-electron chi connectivity index (χ0n) is 2.08. The van der Waals surface area contributed by atoms with Crippen LogP contribution in [0.5, 0.6) is 0 Å². The minimum absolute atomic E-state index is 0.321. The first kappa shape index (κ1) is 4.90. The number of hydrogen-bond donors (Lipinski definition) is 1. The second-order valence-corrected chi connectivity index (χ2v) is 0.483. The fourth-order valence-electron chi connectivity index (χ4n) is 0.0124. The summed E-state index contributed by atoms with van der Waals surface area (Å²) in [4.78, 5) is 0. The molecule has 1 N–H and O–H groups in total.